The van der Waals surface area contributed by atoms with E-state index < -0.39 is 11.5 Å². The number of aromatic carboxylic acids is 1. The Morgan fingerprint density at radius 2 is 2.16 bits per heavy atom. The number of hydrogen-bond donors (Lipinski definition) is 1. The first-order valence-corrected chi connectivity index (χ1v) is 6.14. The van der Waals surface area contributed by atoms with Gasteiger partial charge in [-0.25, -0.2) is 4.79 Å². The number of carboxylic acid groups (broad SMARTS) is 1. The van der Waals surface area contributed by atoms with E-state index in [2.05, 4.69) is 0 Å². The second kappa shape index (κ2) is 4.70. The van der Waals surface area contributed by atoms with Crippen molar-refractivity contribution in [2.45, 2.75) is 25.9 Å². The van der Waals surface area contributed by atoms with Gasteiger partial charge in [-0.2, -0.15) is 0 Å². The first kappa shape index (κ1) is 13.6. The highest BCUT2D eigenvalue weighted by atomic mass is 16.4. The molecule has 6 heteroatoms. The van der Waals surface area contributed by atoms with Gasteiger partial charge in [0.2, 0.25) is 11.7 Å². The molecule has 0 bridgehead atoms. The number of hydrogen-bond acceptors (Lipinski definition) is 4. The Bertz CT molecular complexity index is 506. The molecule has 1 aliphatic rings. The van der Waals surface area contributed by atoms with E-state index >= 15 is 0 Å². The van der Waals surface area contributed by atoms with Crippen molar-refractivity contribution in [2.24, 2.45) is 0 Å². The van der Waals surface area contributed by atoms with Gasteiger partial charge in [-0.1, -0.05) is 0 Å². The number of amides is 1. The molecular formula is C13H18N2O4. The molecule has 0 aliphatic carbocycles. The summed E-state index contributed by atoms with van der Waals surface area (Å²) in [4.78, 5) is 26.8. The molecule has 0 aromatic carbocycles. The fraction of sp³-hybridized carbons (Fsp3) is 0.538. The van der Waals surface area contributed by atoms with Crippen LogP contribution in [0.3, 0.4) is 0 Å². The number of nitrogens with zero attached hydrogens (tertiary/aromatic N) is 2. The maximum Gasteiger partial charge on any atom is 0.372 e. The minimum atomic E-state index is -1.08. The third kappa shape index (κ3) is 2.35. The average molecular weight is 266 g/mol. The average Bonchev–Trinajstić information content (AvgIpc) is 2.79. The molecule has 0 unspecified atom stereocenters. The highest BCUT2D eigenvalue weighted by molar-refractivity contribution is 5.87. The predicted molar refractivity (Wildman–Crippen MR) is 67.8 cm³/mol. The van der Waals surface area contributed by atoms with Gasteiger partial charge in [-0.15, -0.1) is 0 Å². The van der Waals surface area contributed by atoms with Gasteiger partial charge in [0.25, 0.3) is 0 Å². The molecule has 0 spiro atoms. The largest absolute Gasteiger partial charge is 0.475 e. The van der Waals surface area contributed by atoms with Gasteiger partial charge in [0, 0.05) is 32.2 Å². The van der Waals surface area contributed by atoms with Gasteiger partial charge in [0.1, 0.15) is 0 Å². The van der Waals surface area contributed by atoms with Gasteiger partial charge in [0.05, 0.1) is 11.8 Å². The minimum Gasteiger partial charge on any atom is -0.475 e. The van der Waals surface area contributed by atoms with E-state index in [1.807, 2.05) is 18.7 Å². The van der Waals surface area contributed by atoms with E-state index in [4.69, 9.17) is 9.52 Å². The zero-order valence-electron chi connectivity index (χ0n) is 11.3. The first-order valence-electron chi connectivity index (χ1n) is 6.14. The molecule has 1 aliphatic heterocycles. The molecule has 0 saturated carbocycles. The van der Waals surface area contributed by atoms with Gasteiger partial charge < -0.3 is 14.4 Å². The minimum absolute atomic E-state index is 0.0409. The van der Waals surface area contributed by atoms with Crippen molar-refractivity contribution in [2.75, 3.05) is 20.1 Å². The van der Waals surface area contributed by atoms with Crippen LogP contribution >= 0.6 is 0 Å². The van der Waals surface area contributed by atoms with Gasteiger partial charge >= 0.3 is 5.97 Å². The molecule has 6 nitrogen and oxygen atoms in total. The van der Waals surface area contributed by atoms with Gasteiger partial charge in [-0.3, -0.25) is 9.69 Å². The Morgan fingerprint density at radius 3 is 2.79 bits per heavy atom. The zero-order chi connectivity index (χ0) is 14.2. The Hall–Kier alpha value is -1.82. The van der Waals surface area contributed by atoms with Crippen LogP contribution in [0.1, 0.15) is 30.0 Å². The van der Waals surface area contributed by atoms with Crippen LogP contribution in [0, 0.1) is 0 Å². The summed E-state index contributed by atoms with van der Waals surface area (Å²) in [6, 6.07) is 1.64. The number of piperazine rings is 1. The van der Waals surface area contributed by atoms with E-state index in [1.165, 1.54) is 6.26 Å². The standard InChI is InChI=1S/C13H18N2O4/c1-13(2)12(18)14(3)5-6-15(13)8-9-4-7-19-10(9)11(16)17/h4,7H,5-6,8H2,1-3H3,(H,16,17). The third-order valence-electron chi connectivity index (χ3n) is 3.67. The Balaban J connectivity index is 2.21. The second-order valence-electron chi connectivity index (χ2n) is 5.29. The SMILES string of the molecule is CN1CCN(Cc2ccoc2C(=O)O)C(C)(C)C1=O. The summed E-state index contributed by atoms with van der Waals surface area (Å²) in [5, 5.41) is 9.02. The first-order chi connectivity index (χ1) is 8.84. The molecule has 1 fully saturated rings. The highest BCUT2D eigenvalue weighted by Crippen LogP contribution is 2.25. The lowest BCUT2D eigenvalue weighted by Crippen LogP contribution is -2.61. The lowest BCUT2D eigenvalue weighted by atomic mass is 9.97. The highest BCUT2D eigenvalue weighted by Gasteiger charge is 2.40. The van der Waals surface area contributed by atoms with Crippen molar-refractivity contribution >= 4 is 11.9 Å². The van der Waals surface area contributed by atoms with Crippen LogP contribution in [0.5, 0.6) is 0 Å². The fourth-order valence-corrected chi connectivity index (χ4v) is 2.38. The van der Waals surface area contributed by atoms with E-state index in [0.717, 1.165) is 0 Å². The van der Waals surface area contributed by atoms with Gasteiger partial charge in [0.15, 0.2) is 0 Å². The third-order valence-corrected chi connectivity index (χ3v) is 3.67. The molecule has 2 heterocycles. The Labute approximate surface area is 111 Å². The Morgan fingerprint density at radius 1 is 1.47 bits per heavy atom. The van der Waals surface area contributed by atoms with Crippen molar-refractivity contribution in [1.82, 2.24) is 9.80 Å². The maximum absolute atomic E-state index is 12.1. The van der Waals surface area contributed by atoms with Crippen LogP contribution in [0.2, 0.25) is 0 Å². The molecule has 1 aromatic rings. The van der Waals surface area contributed by atoms with Crippen LogP contribution in [0.4, 0.5) is 0 Å². The second-order valence-corrected chi connectivity index (χ2v) is 5.29. The summed E-state index contributed by atoms with van der Waals surface area (Å²) >= 11 is 0. The van der Waals surface area contributed by atoms with Crippen molar-refractivity contribution in [3.63, 3.8) is 0 Å². The fourth-order valence-electron chi connectivity index (χ4n) is 2.38. The zero-order valence-corrected chi connectivity index (χ0v) is 11.3. The molecule has 19 heavy (non-hydrogen) atoms. The normalized spacial score (nSPS) is 19.7. The molecule has 0 radical (unpaired) electrons. The summed E-state index contributed by atoms with van der Waals surface area (Å²) < 4.78 is 4.96. The number of carbonyl (C=O) groups is 2. The van der Waals surface area contributed by atoms with Crippen LogP contribution in [-0.4, -0.2) is 52.5 Å². The maximum atomic E-state index is 12.1. The summed E-state index contributed by atoms with van der Waals surface area (Å²) in [5.74, 6) is -1.10. The summed E-state index contributed by atoms with van der Waals surface area (Å²) in [6.45, 7) is 5.45. The monoisotopic (exact) mass is 266 g/mol. The van der Waals surface area contributed by atoms with Gasteiger partial charge in [-0.05, 0) is 19.9 Å². The number of likely N-dealkylation sites (N-methyl/N-ethyl adjacent to an activating group) is 1. The van der Waals surface area contributed by atoms with Crippen molar-refractivity contribution < 1.29 is 19.1 Å². The van der Waals surface area contributed by atoms with Crippen LogP contribution in [0.15, 0.2) is 16.7 Å². The molecule has 0 atom stereocenters. The molecule has 1 saturated heterocycles. The van der Waals surface area contributed by atoms with Crippen LogP contribution in [0.25, 0.3) is 0 Å². The van der Waals surface area contributed by atoms with E-state index in [1.54, 1.807) is 18.0 Å². The van der Waals surface area contributed by atoms with E-state index in [-0.39, 0.29) is 11.7 Å². The van der Waals surface area contributed by atoms with E-state index in [0.29, 0.717) is 25.2 Å². The molecule has 104 valence electrons. The molecule has 1 aromatic heterocycles. The van der Waals surface area contributed by atoms with Crippen LogP contribution in [-0.2, 0) is 11.3 Å². The predicted octanol–water partition coefficient (Wildman–Crippen LogP) is 1.03. The van der Waals surface area contributed by atoms with Crippen molar-refractivity contribution in [3.8, 4) is 0 Å². The molecule has 1 amide bonds. The number of rotatable bonds is 3. The summed E-state index contributed by atoms with van der Waals surface area (Å²) in [6.07, 6.45) is 1.36. The smallest absolute Gasteiger partial charge is 0.372 e. The summed E-state index contributed by atoms with van der Waals surface area (Å²) in [7, 11) is 1.78. The Kier molecular flexibility index (Phi) is 3.36. The topological polar surface area (TPSA) is 74.0 Å². The molecule has 1 N–H and O–H groups in total. The number of carbonyl (C=O) groups excluding carboxylic acids is 1. The molecular weight excluding hydrogens is 248 g/mol. The lowest BCUT2D eigenvalue weighted by molar-refractivity contribution is -0.147. The van der Waals surface area contributed by atoms with E-state index in [9.17, 15) is 9.59 Å². The lowest BCUT2D eigenvalue weighted by Gasteiger charge is -2.44. The number of carboxylic acids is 1. The summed E-state index contributed by atoms with van der Waals surface area (Å²) in [5.41, 5.74) is -0.0435. The van der Waals surface area contributed by atoms with Crippen molar-refractivity contribution in [3.05, 3.63) is 23.7 Å². The van der Waals surface area contributed by atoms with Crippen LogP contribution < -0.4 is 0 Å². The number of furan rings is 1. The molecule has 2 rings (SSSR count). The quantitative estimate of drug-likeness (QED) is 0.884. The van der Waals surface area contributed by atoms with Crippen molar-refractivity contribution in [1.29, 1.82) is 0 Å².